The van der Waals surface area contributed by atoms with Crippen LogP contribution >= 0.6 is 0 Å². The summed E-state index contributed by atoms with van der Waals surface area (Å²) in [5.41, 5.74) is 3.77. The highest BCUT2D eigenvalue weighted by atomic mass is 32.2. The van der Waals surface area contributed by atoms with Crippen LogP contribution in [0.25, 0.3) is 22.8 Å². The van der Waals surface area contributed by atoms with E-state index in [2.05, 4.69) is 20.9 Å². The summed E-state index contributed by atoms with van der Waals surface area (Å²) in [7, 11) is 0.288. The van der Waals surface area contributed by atoms with Crippen molar-refractivity contribution >= 4 is 10.0 Å². The molecule has 9 nitrogen and oxygen atoms in total. The lowest BCUT2D eigenvalue weighted by atomic mass is 10.0. The van der Waals surface area contributed by atoms with Gasteiger partial charge in [0.2, 0.25) is 15.8 Å². The van der Waals surface area contributed by atoms with Crippen LogP contribution in [0.15, 0.2) is 40.9 Å². The maximum Gasteiger partial charge on any atom is 0.258 e. The number of aromatic nitrogens is 2. The lowest BCUT2D eigenvalue weighted by Gasteiger charge is -2.16. The normalized spacial score (nSPS) is 15.4. The summed E-state index contributed by atoms with van der Waals surface area (Å²) in [6, 6.07) is 12.8. The molecular weight excluding hydrogens is 466 g/mol. The van der Waals surface area contributed by atoms with Gasteiger partial charge >= 0.3 is 0 Å². The van der Waals surface area contributed by atoms with Crippen molar-refractivity contribution in [3.8, 4) is 34.7 Å². The Kier molecular flexibility index (Phi) is 7.21. The fraction of sp³-hybridized carbons (Fsp3) is 0.400. The van der Waals surface area contributed by atoms with Gasteiger partial charge in [0.15, 0.2) is 0 Å². The highest BCUT2D eigenvalue weighted by Gasteiger charge is 2.29. The fourth-order valence-electron chi connectivity index (χ4n) is 4.12. The van der Waals surface area contributed by atoms with Crippen molar-refractivity contribution in [2.24, 2.45) is 0 Å². The van der Waals surface area contributed by atoms with Gasteiger partial charge < -0.3 is 14.2 Å². The Morgan fingerprint density at radius 1 is 1.29 bits per heavy atom. The van der Waals surface area contributed by atoms with Crippen LogP contribution in [-0.2, 0) is 16.4 Å². The third kappa shape index (κ3) is 5.70. The summed E-state index contributed by atoms with van der Waals surface area (Å²) in [4.78, 5) is 6.42. The largest absolute Gasteiger partial charge is 0.490 e. The molecule has 0 bridgehead atoms. The topological polar surface area (TPSA) is 121 Å². The van der Waals surface area contributed by atoms with Crippen LogP contribution in [0.4, 0.5) is 0 Å². The van der Waals surface area contributed by atoms with E-state index in [0.29, 0.717) is 48.0 Å². The van der Waals surface area contributed by atoms with Crippen LogP contribution in [0.2, 0.25) is 0 Å². The molecule has 3 aromatic rings. The van der Waals surface area contributed by atoms with Gasteiger partial charge in [0.05, 0.1) is 17.4 Å². The molecular formula is C25H29N5O4S. The smallest absolute Gasteiger partial charge is 0.258 e. The summed E-state index contributed by atoms with van der Waals surface area (Å²) in [6.07, 6.45) is 1.32. The van der Waals surface area contributed by atoms with Crippen molar-refractivity contribution < 1.29 is 17.7 Å². The molecule has 0 saturated heterocycles. The zero-order chi connectivity index (χ0) is 25.2. The van der Waals surface area contributed by atoms with Crippen molar-refractivity contribution in [1.82, 2.24) is 19.8 Å². The zero-order valence-corrected chi connectivity index (χ0v) is 21.1. The number of fused-ring (bicyclic) bond motifs is 1. The monoisotopic (exact) mass is 495 g/mol. The van der Waals surface area contributed by atoms with E-state index in [-0.39, 0.29) is 17.9 Å². The third-order valence-electron chi connectivity index (χ3n) is 5.78. The molecule has 1 N–H and O–H groups in total. The van der Waals surface area contributed by atoms with E-state index < -0.39 is 10.0 Å². The molecule has 2 aromatic carbocycles. The molecule has 10 heteroatoms. The highest BCUT2D eigenvalue weighted by molar-refractivity contribution is 7.89. The van der Waals surface area contributed by atoms with Gasteiger partial charge in [-0.05, 0) is 70.1 Å². The summed E-state index contributed by atoms with van der Waals surface area (Å²) >= 11 is 0. The maximum absolute atomic E-state index is 12.5. The first-order valence-corrected chi connectivity index (χ1v) is 13.1. The molecule has 0 amide bonds. The van der Waals surface area contributed by atoms with Crippen molar-refractivity contribution in [2.75, 3.05) is 26.4 Å². The SMILES string of the molecule is CC(C)Oc1ccc(-c2nc(-c3cccc4c3CC[C@@H]4NS(=O)(=O)CCN(C)C)no2)cc1C#N. The first-order chi connectivity index (χ1) is 16.7. The van der Waals surface area contributed by atoms with Crippen LogP contribution in [0.3, 0.4) is 0 Å². The summed E-state index contributed by atoms with van der Waals surface area (Å²) < 4.78 is 39.1. The maximum atomic E-state index is 12.5. The number of hydrogen-bond donors (Lipinski definition) is 1. The molecule has 1 heterocycles. The van der Waals surface area contributed by atoms with Crippen molar-refractivity contribution in [3.05, 3.63) is 53.1 Å². The van der Waals surface area contributed by atoms with Gasteiger partial charge in [-0.2, -0.15) is 10.2 Å². The lowest BCUT2D eigenvalue weighted by molar-refractivity contribution is 0.241. The van der Waals surface area contributed by atoms with E-state index in [0.717, 1.165) is 16.7 Å². The van der Waals surface area contributed by atoms with Gasteiger partial charge in [-0.25, -0.2) is 13.1 Å². The average molecular weight is 496 g/mol. The number of ether oxygens (including phenoxy) is 1. The van der Waals surface area contributed by atoms with Gasteiger partial charge in [0.1, 0.15) is 11.8 Å². The van der Waals surface area contributed by atoms with Gasteiger partial charge in [-0.15, -0.1) is 0 Å². The molecule has 0 fully saturated rings. The standard InChI is InChI=1S/C25H29N5O4S/c1-16(2)33-23-11-8-17(14-18(23)15-26)25-27-24(28-34-25)21-7-5-6-20-19(21)9-10-22(20)29-35(31,32)13-12-30(3)4/h5-8,11,14,16,22,29H,9-10,12-13H2,1-4H3/t22-/m0/s1. The predicted octanol–water partition coefficient (Wildman–Crippen LogP) is 3.53. The number of nitriles is 1. The van der Waals surface area contributed by atoms with E-state index in [1.807, 2.05) is 51.0 Å². The van der Waals surface area contributed by atoms with Gasteiger partial charge in [-0.3, -0.25) is 0 Å². The summed E-state index contributed by atoms with van der Waals surface area (Å²) in [5, 5.41) is 13.7. The fourth-order valence-corrected chi connectivity index (χ4v) is 5.52. The zero-order valence-electron chi connectivity index (χ0n) is 20.3. The molecule has 0 aliphatic heterocycles. The van der Waals surface area contributed by atoms with E-state index in [1.54, 1.807) is 18.2 Å². The van der Waals surface area contributed by atoms with Crippen molar-refractivity contribution in [1.29, 1.82) is 5.26 Å². The first kappa shape index (κ1) is 24.9. The molecule has 4 rings (SSSR count). The quantitative estimate of drug-likeness (QED) is 0.478. The molecule has 0 unspecified atom stereocenters. The van der Waals surface area contributed by atoms with Crippen LogP contribution in [-0.4, -0.2) is 56.0 Å². The number of sulfonamides is 1. The molecule has 1 aliphatic rings. The lowest BCUT2D eigenvalue weighted by Crippen LogP contribution is -2.33. The second kappa shape index (κ2) is 10.2. The van der Waals surface area contributed by atoms with E-state index in [9.17, 15) is 13.7 Å². The molecule has 0 radical (unpaired) electrons. The molecule has 1 aliphatic carbocycles. The number of hydrogen-bond acceptors (Lipinski definition) is 8. The Balaban J connectivity index is 1.58. The Morgan fingerprint density at radius 2 is 2.09 bits per heavy atom. The third-order valence-corrected chi connectivity index (χ3v) is 7.14. The number of nitrogens with one attached hydrogen (secondary N) is 1. The number of benzene rings is 2. The second-order valence-electron chi connectivity index (χ2n) is 9.12. The average Bonchev–Trinajstić information content (AvgIpc) is 3.45. The molecule has 35 heavy (non-hydrogen) atoms. The summed E-state index contributed by atoms with van der Waals surface area (Å²) in [6.45, 7) is 4.26. The van der Waals surface area contributed by atoms with Gasteiger partial charge in [0, 0.05) is 23.7 Å². The minimum Gasteiger partial charge on any atom is -0.490 e. The first-order valence-electron chi connectivity index (χ1n) is 11.5. The van der Waals surface area contributed by atoms with E-state index >= 15 is 0 Å². The van der Waals surface area contributed by atoms with Crippen LogP contribution in [0, 0.1) is 11.3 Å². The Labute approximate surface area is 205 Å². The predicted molar refractivity (Wildman–Crippen MR) is 132 cm³/mol. The van der Waals surface area contributed by atoms with Crippen LogP contribution in [0.5, 0.6) is 5.75 Å². The molecule has 0 spiro atoms. The van der Waals surface area contributed by atoms with Crippen LogP contribution in [0.1, 0.15) is 43.0 Å². The van der Waals surface area contributed by atoms with Gasteiger partial charge in [0.25, 0.3) is 5.89 Å². The number of rotatable bonds is 9. The Morgan fingerprint density at radius 3 is 2.80 bits per heavy atom. The Bertz CT molecular complexity index is 1360. The number of nitrogens with zero attached hydrogens (tertiary/aromatic N) is 4. The van der Waals surface area contributed by atoms with Crippen LogP contribution < -0.4 is 9.46 Å². The van der Waals surface area contributed by atoms with Crippen molar-refractivity contribution in [2.45, 2.75) is 38.8 Å². The minimum atomic E-state index is -3.41. The van der Waals surface area contributed by atoms with Gasteiger partial charge in [-0.1, -0.05) is 23.4 Å². The summed E-state index contributed by atoms with van der Waals surface area (Å²) in [5.74, 6) is 1.27. The van der Waals surface area contributed by atoms with E-state index in [1.165, 1.54) is 0 Å². The second-order valence-corrected chi connectivity index (χ2v) is 11.0. The molecule has 184 valence electrons. The highest BCUT2D eigenvalue weighted by Crippen LogP contribution is 2.38. The van der Waals surface area contributed by atoms with E-state index in [4.69, 9.17) is 9.26 Å². The van der Waals surface area contributed by atoms with Crippen molar-refractivity contribution in [3.63, 3.8) is 0 Å². The molecule has 1 atom stereocenters. The molecule has 0 saturated carbocycles. The minimum absolute atomic E-state index is 0.0470. The molecule has 1 aromatic heterocycles. The Hall–Kier alpha value is -3.26.